The van der Waals surface area contributed by atoms with E-state index in [2.05, 4.69) is 10.3 Å². The van der Waals surface area contributed by atoms with Crippen molar-refractivity contribution in [3.05, 3.63) is 118 Å². The molecule has 42 heavy (non-hydrogen) atoms. The van der Waals surface area contributed by atoms with Gasteiger partial charge in [-0.15, -0.1) is 0 Å². The van der Waals surface area contributed by atoms with E-state index >= 15 is 0 Å². The topological polar surface area (TPSA) is 188 Å². The van der Waals surface area contributed by atoms with Gasteiger partial charge in [0.1, 0.15) is 4.90 Å². The number of H-pyrrole nitrogens is 1. The maximum atomic E-state index is 13.9. The number of anilines is 2. The zero-order valence-electron chi connectivity index (χ0n) is 21.2. The summed E-state index contributed by atoms with van der Waals surface area (Å²) in [5.74, 6) is -1.07. The second-order valence-electron chi connectivity index (χ2n) is 9.42. The van der Waals surface area contributed by atoms with Crippen molar-refractivity contribution in [3.63, 3.8) is 0 Å². The molecular weight excluding hydrogens is 584 g/mol. The lowest BCUT2D eigenvalue weighted by atomic mass is 9.80. The lowest BCUT2D eigenvalue weighted by molar-refractivity contribution is 0.102. The molecule has 210 valence electrons. The SMILES string of the molecule is O=C(c1ccccc1)c1c2c3c(c(Nc4ccc(S(=O)(=O)O)cc4S(=O)(=O)O)ccc3[nH]c1=O)C(=O)c1ccccc1-2. The fourth-order valence-corrected chi connectivity index (χ4v) is 6.36. The van der Waals surface area contributed by atoms with Gasteiger partial charge in [-0.3, -0.25) is 23.5 Å². The van der Waals surface area contributed by atoms with Crippen LogP contribution in [0.15, 0.2) is 99.5 Å². The van der Waals surface area contributed by atoms with Crippen LogP contribution in [0.5, 0.6) is 0 Å². The van der Waals surface area contributed by atoms with Crippen molar-refractivity contribution in [2.75, 3.05) is 5.32 Å². The van der Waals surface area contributed by atoms with Crippen LogP contribution in [-0.4, -0.2) is 42.5 Å². The molecule has 6 rings (SSSR count). The highest BCUT2D eigenvalue weighted by molar-refractivity contribution is 7.86. The first-order chi connectivity index (χ1) is 19.9. The lowest BCUT2D eigenvalue weighted by Gasteiger charge is -2.24. The van der Waals surface area contributed by atoms with E-state index in [1.54, 1.807) is 48.5 Å². The van der Waals surface area contributed by atoms with Crippen LogP contribution < -0.4 is 10.9 Å². The molecule has 0 radical (unpaired) electrons. The zero-order valence-corrected chi connectivity index (χ0v) is 22.8. The van der Waals surface area contributed by atoms with Crippen LogP contribution in [0.25, 0.3) is 22.0 Å². The van der Waals surface area contributed by atoms with Crippen LogP contribution in [-0.2, 0) is 20.2 Å². The molecule has 0 saturated heterocycles. The Hall–Kier alpha value is -4.95. The number of aromatic amines is 1. The van der Waals surface area contributed by atoms with E-state index in [9.17, 15) is 40.3 Å². The highest BCUT2D eigenvalue weighted by Crippen LogP contribution is 2.44. The van der Waals surface area contributed by atoms with E-state index in [1.807, 2.05) is 0 Å². The molecule has 0 unspecified atom stereocenters. The Morgan fingerprint density at radius 1 is 0.714 bits per heavy atom. The number of hydrogen-bond acceptors (Lipinski definition) is 8. The number of rotatable bonds is 6. The molecule has 5 aromatic rings. The van der Waals surface area contributed by atoms with Gasteiger partial charge < -0.3 is 10.3 Å². The molecule has 0 spiro atoms. The standard InChI is InChI=1S/C29H18N2O9S2/c32-27(15-6-2-1-3-7-15)26-23-17-8-4-5-9-18(17)28(33)25-21(13-12-20(24(23)25)31-29(26)34)30-19-11-10-16(41(35,36)37)14-22(19)42(38,39)40/h1-14,30H,(H,31,34)(H,35,36,37)(H,38,39,40). The first-order valence-electron chi connectivity index (χ1n) is 12.2. The number of nitrogens with one attached hydrogen (secondary N) is 2. The molecule has 1 aliphatic carbocycles. The minimum atomic E-state index is -5.02. The molecule has 13 heteroatoms. The molecule has 1 heterocycles. The Morgan fingerprint density at radius 3 is 2.02 bits per heavy atom. The first kappa shape index (κ1) is 27.2. The van der Waals surface area contributed by atoms with E-state index in [0.717, 1.165) is 12.1 Å². The van der Waals surface area contributed by atoms with Crippen LogP contribution in [0.3, 0.4) is 0 Å². The minimum absolute atomic E-state index is 0.000273. The lowest BCUT2D eigenvalue weighted by Crippen LogP contribution is -2.24. The Labute approximate surface area is 238 Å². The Kier molecular flexibility index (Phi) is 6.20. The summed E-state index contributed by atoms with van der Waals surface area (Å²) in [6.45, 7) is 0. The summed E-state index contributed by atoms with van der Waals surface area (Å²) in [6, 6.07) is 19.9. The van der Waals surface area contributed by atoms with Crippen LogP contribution in [0.2, 0.25) is 0 Å². The summed E-state index contributed by atoms with van der Waals surface area (Å²) in [7, 11) is -9.84. The van der Waals surface area contributed by atoms with Crippen molar-refractivity contribution in [2.45, 2.75) is 9.79 Å². The van der Waals surface area contributed by atoms with Crippen molar-refractivity contribution in [1.29, 1.82) is 0 Å². The van der Waals surface area contributed by atoms with Crippen molar-refractivity contribution in [3.8, 4) is 11.1 Å². The number of hydrogen-bond donors (Lipinski definition) is 4. The fourth-order valence-electron chi connectivity index (χ4n) is 5.11. The third-order valence-corrected chi connectivity index (χ3v) is 8.65. The van der Waals surface area contributed by atoms with Gasteiger partial charge in [0, 0.05) is 27.6 Å². The van der Waals surface area contributed by atoms with Crippen LogP contribution in [0.4, 0.5) is 11.4 Å². The number of carbonyl (C=O) groups is 2. The van der Waals surface area contributed by atoms with Crippen LogP contribution in [0.1, 0.15) is 31.8 Å². The maximum Gasteiger partial charge on any atom is 0.296 e. The van der Waals surface area contributed by atoms with Crippen molar-refractivity contribution in [2.24, 2.45) is 0 Å². The summed E-state index contributed by atoms with van der Waals surface area (Å²) >= 11 is 0. The third-order valence-electron chi connectivity index (χ3n) is 6.91. The Morgan fingerprint density at radius 2 is 1.36 bits per heavy atom. The van der Waals surface area contributed by atoms with Crippen LogP contribution in [0, 0.1) is 0 Å². The van der Waals surface area contributed by atoms with Gasteiger partial charge in [-0.25, -0.2) is 0 Å². The number of benzene rings is 4. The predicted molar refractivity (Wildman–Crippen MR) is 153 cm³/mol. The third kappa shape index (κ3) is 4.40. The monoisotopic (exact) mass is 602 g/mol. The summed E-state index contributed by atoms with van der Waals surface area (Å²) in [4.78, 5) is 42.0. The van der Waals surface area contributed by atoms with Gasteiger partial charge in [-0.05, 0) is 35.9 Å². The number of carbonyl (C=O) groups excluding carboxylic acids is 2. The van der Waals surface area contributed by atoms with E-state index in [4.69, 9.17) is 0 Å². The molecule has 0 bridgehead atoms. The summed E-state index contributed by atoms with van der Waals surface area (Å²) in [5.41, 5.74) is 0.119. The second-order valence-corrected chi connectivity index (χ2v) is 12.2. The number of ketones is 2. The predicted octanol–water partition coefficient (Wildman–Crippen LogP) is 4.21. The van der Waals surface area contributed by atoms with Gasteiger partial charge >= 0.3 is 0 Å². The summed E-state index contributed by atoms with van der Waals surface area (Å²) in [6.07, 6.45) is 0. The van der Waals surface area contributed by atoms with E-state index in [0.29, 0.717) is 11.6 Å². The molecule has 4 N–H and O–H groups in total. The zero-order chi connectivity index (χ0) is 30.0. The smallest absolute Gasteiger partial charge is 0.296 e. The molecule has 0 saturated carbocycles. The van der Waals surface area contributed by atoms with Crippen molar-refractivity contribution in [1.82, 2.24) is 4.98 Å². The molecule has 4 aromatic carbocycles. The van der Waals surface area contributed by atoms with Gasteiger partial charge in [-0.1, -0.05) is 54.6 Å². The highest BCUT2D eigenvalue weighted by atomic mass is 32.2. The van der Waals surface area contributed by atoms with Gasteiger partial charge in [0.2, 0.25) is 0 Å². The maximum absolute atomic E-state index is 13.9. The molecule has 1 aliphatic rings. The molecule has 1 aromatic heterocycles. The molecule has 0 atom stereocenters. The Bertz CT molecular complexity index is 2280. The van der Waals surface area contributed by atoms with E-state index in [-0.39, 0.29) is 50.1 Å². The van der Waals surface area contributed by atoms with Gasteiger partial charge in [0.15, 0.2) is 11.6 Å². The van der Waals surface area contributed by atoms with Crippen molar-refractivity contribution >= 4 is 54.1 Å². The normalized spacial score (nSPS) is 12.7. The first-order valence-corrected chi connectivity index (χ1v) is 15.1. The summed E-state index contributed by atoms with van der Waals surface area (Å²) in [5, 5.41) is 3.00. The number of aromatic nitrogens is 1. The molecular formula is C29H18N2O9S2. The number of fused-ring (bicyclic) bond motifs is 2. The summed E-state index contributed by atoms with van der Waals surface area (Å²) < 4.78 is 66.8. The van der Waals surface area contributed by atoms with Gasteiger partial charge in [0.25, 0.3) is 25.8 Å². The van der Waals surface area contributed by atoms with Crippen LogP contribution >= 0.6 is 0 Å². The largest absolute Gasteiger partial charge is 0.354 e. The van der Waals surface area contributed by atoms with E-state index < -0.39 is 47.2 Å². The Balaban J connectivity index is 1.66. The molecule has 11 nitrogen and oxygen atoms in total. The van der Waals surface area contributed by atoms with Gasteiger partial charge in [0.05, 0.1) is 27.4 Å². The minimum Gasteiger partial charge on any atom is -0.354 e. The average molecular weight is 603 g/mol. The second kappa shape index (κ2) is 9.56. The molecule has 0 aliphatic heterocycles. The van der Waals surface area contributed by atoms with E-state index in [1.165, 1.54) is 18.2 Å². The molecule has 0 amide bonds. The average Bonchev–Trinajstić information content (AvgIpc) is 2.95. The van der Waals surface area contributed by atoms with Crippen molar-refractivity contribution < 1.29 is 35.5 Å². The highest BCUT2D eigenvalue weighted by Gasteiger charge is 2.33. The fraction of sp³-hybridized carbons (Fsp3) is 0. The molecule has 0 fully saturated rings. The van der Waals surface area contributed by atoms with Gasteiger partial charge in [-0.2, -0.15) is 16.8 Å². The number of pyridine rings is 1. The quantitative estimate of drug-likeness (QED) is 0.159.